The van der Waals surface area contributed by atoms with Crippen molar-refractivity contribution in [2.75, 3.05) is 36.8 Å². The van der Waals surface area contributed by atoms with Crippen LogP contribution in [0.15, 0.2) is 29.0 Å². The van der Waals surface area contributed by atoms with E-state index in [0.29, 0.717) is 11.6 Å². The van der Waals surface area contributed by atoms with E-state index >= 15 is 0 Å². The second kappa shape index (κ2) is 5.34. The van der Waals surface area contributed by atoms with Crippen LogP contribution in [0.25, 0.3) is 11.5 Å². The van der Waals surface area contributed by atoms with Gasteiger partial charge in [0.15, 0.2) is 0 Å². The largest absolute Gasteiger partial charge is 0.445 e. The summed E-state index contributed by atoms with van der Waals surface area (Å²) in [4.78, 5) is 6.39. The van der Waals surface area contributed by atoms with Crippen molar-refractivity contribution in [2.24, 2.45) is 0 Å². The number of piperazine rings is 1. The Hall–Kier alpha value is -2.34. The van der Waals surface area contributed by atoms with Crippen LogP contribution in [0.1, 0.15) is 5.56 Å². The smallest absolute Gasteiger partial charge is 0.226 e. The first-order valence-electron chi connectivity index (χ1n) is 6.59. The number of hydrogen-bond donors (Lipinski definition) is 3. The van der Waals surface area contributed by atoms with Gasteiger partial charge in [-0.15, -0.1) is 0 Å². The summed E-state index contributed by atoms with van der Waals surface area (Å²) < 4.78 is 5.34. The van der Waals surface area contributed by atoms with Crippen molar-refractivity contribution in [3.8, 4) is 11.5 Å². The third-order valence-corrected chi connectivity index (χ3v) is 3.47. The summed E-state index contributed by atoms with van der Waals surface area (Å²) in [5, 5.41) is 10.9. The number of nitrogens with zero attached hydrogens (tertiary/aromatic N) is 2. The minimum Gasteiger partial charge on any atom is -0.445 e. The molecular weight excluding hydrogens is 254 g/mol. The Labute approximate surface area is 117 Å². The number of aromatic nitrogens is 1. The van der Waals surface area contributed by atoms with Crippen LogP contribution in [-0.4, -0.2) is 37.4 Å². The number of nitrogen functional groups attached to an aromatic ring is 1. The first-order chi connectivity index (χ1) is 9.79. The van der Waals surface area contributed by atoms with Gasteiger partial charge in [0.25, 0.3) is 0 Å². The Kier molecular flexibility index (Phi) is 3.39. The Morgan fingerprint density at radius 2 is 2.15 bits per heavy atom. The maximum Gasteiger partial charge on any atom is 0.226 e. The molecule has 1 saturated heterocycles. The van der Waals surface area contributed by atoms with Crippen LogP contribution >= 0.6 is 0 Å². The third-order valence-electron chi connectivity index (χ3n) is 3.47. The summed E-state index contributed by atoms with van der Waals surface area (Å²) in [6.07, 6.45) is 4.47. The van der Waals surface area contributed by atoms with Gasteiger partial charge < -0.3 is 25.8 Å². The lowest BCUT2D eigenvalue weighted by atomic mass is 10.1. The van der Waals surface area contributed by atoms with Crippen molar-refractivity contribution in [3.05, 3.63) is 30.2 Å². The van der Waals surface area contributed by atoms with Gasteiger partial charge in [-0.2, -0.15) is 0 Å². The number of nitrogens with one attached hydrogen (secondary N) is 2. The molecule has 1 aliphatic rings. The molecule has 20 heavy (non-hydrogen) atoms. The number of nitrogens with two attached hydrogens (primary N) is 1. The van der Waals surface area contributed by atoms with Crippen molar-refractivity contribution in [2.45, 2.75) is 0 Å². The van der Waals surface area contributed by atoms with Crippen LogP contribution in [0.4, 0.5) is 11.4 Å². The van der Waals surface area contributed by atoms with Crippen molar-refractivity contribution in [1.29, 1.82) is 5.41 Å². The van der Waals surface area contributed by atoms with Crippen LogP contribution < -0.4 is 16.0 Å². The highest BCUT2D eigenvalue weighted by atomic mass is 16.3. The molecule has 1 aliphatic heterocycles. The van der Waals surface area contributed by atoms with Gasteiger partial charge in [0.1, 0.15) is 6.26 Å². The molecule has 3 rings (SSSR count). The molecule has 0 aliphatic carbocycles. The van der Waals surface area contributed by atoms with Gasteiger partial charge in [-0.05, 0) is 12.1 Å². The molecule has 0 unspecified atom stereocenters. The molecule has 0 bridgehead atoms. The van der Waals surface area contributed by atoms with Gasteiger partial charge in [0, 0.05) is 54.9 Å². The molecule has 0 radical (unpaired) electrons. The molecule has 0 atom stereocenters. The quantitative estimate of drug-likeness (QED) is 0.578. The predicted molar refractivity (Wildman–Crippen MR) is 79.3 cm³/mol. The summed E-state index contributed by atoms with van der Waals surface area (Å²) in [5.41, 5.74) is 9.21. The molecule has 0 amide bonds. The Morgan fingerprint density at radius 3 is 2.80 bits per heavy atom. The van der Waals surface area contributed by atoms with Crippen LogP contribution in [0.5, 0.6) is 0 Å². The van der Waals surface area contributed by atoms with Crippen molar-refractivity contribution >= 4 is 17.6 Å². The highest BCUT2D eigenvalue weighted by molar-refractivity contribution is 5.95. The zero-order valence-electron chi connectivity index (χ0n) is 11.1. The highest BCUT2D eigenvalue weighted by Gasteiger charge is 2.17. The second-order valence-corrected chi connectivity index (χ2v) is 4.72. The topological polar surface area (TPSA) is 91.2 Å². The zero-order valence-corrected chi connectivity index (χ0v) is 11.1. The maximum absolute atomic E-state index is 7.60. The average Bonchev–Trinajstić information content (AvgIpc) is 3.01. The van der Waals surface area contributed by atoms with E-state index in [9.17, 15) is 0 Å². The molecule has 6 nitrogen and oxygen atoms in total. The number of oxazole rings is 1. The minimum absolute atomic E-state index is 0.546. The van der Waals surface area contributed by atoms with E-state index < -0.39 is 0 Å². The van der Waals surface area contributed by atoms with Crippen LogP contribution in [0, 0.1) is 5.41 Å². The molecule has 2 aromatic rings. The summed E-state index contributed by atoms with van der Waals surface area (Å²) in [5.74, 6) is 0.546. The highest BCUT2D eigenvalue weighted by Crippen LogP contribution is 2.31. The summed E-state index contributed by atoms with van der Waals surface area (Å²) in [6.45, 7) is 3.66. The second-order valence-electron chi connectivity index (χ2n) is 4.72. The van der Waals surface area contributed by atoms with E-state index in [1.807, 2.05) is 6.07 Å². The number of benzene rings is 1. The lowest BCUT2D eigenvalue weighted by Gasteiger charge is -2.31. The maximum atomic E-state index is 7.60. The van der Waals surface area contributed by atoms with Crippen molar-refractivity contribution in [3.63, 3.8) is 0 Å². The van der Waals surface area contributed by atoms with Crippen molar-refractivity contribution < 1.29 is 4.42 Å². The fourth-order valence-corrected chi connectivity index (χ4v) is 2.47. The number of hydrogen-bond acceptors (Lipinski definition) is 6. The van der Waals surface area contributed by atoms with Gasteiger partial charge in [0.05, 0.1) is 6.20 Å². The Morgan fingerprint density at radius 1 is 1.35 bits per heavy atom. The lowest BCUT2D eigenvalue weighted by Crippen LogP contribution is -2.44. The molecular formula is C14H17N5O. The van der Waals surface area contributed by atoms with Crippen LogP contribution in [-0.2, 0) is 0 Å². The van der Waals surface area contributed by atoms with Crippen LogP contribution in [0.3, 0.4) is 0 Å². The zero-order chi connectivity index (χ0) is 13.9. The fraction of sp³-hybridized carbons (Fsp3) is 0.286. The standard InChI is InChI=1S/C14H17N5O/c15-9-11-12(16)7-10(14-18-3-6-20-14)8-13(11)19-4-1-17-2-5-19/h3,6-9,15,17H,1-2,4-5,16H2. The number of rotatable bonds is 3. The predicted octanol–water partition coefficient (Wildman–Crippen LogP) is 1.33. The van der Waals surface area contributed by atoms with E-state index in [1.54, 1.807) is 18.5 Å². The molecule has 6 heteroatoms. The molecule has 0 spiro atoms. The van der Waals surface area contributed by atoms with E-state index in [0.717, 1.165) is 43.0 Å². The van der Waals surface area contributed by atoms with E-state index in [1.165, 1.54) is 6.21 Å². The first-order valence-corrected chi connectivity index (χ1v) is 6.59. The normalized spacial score (nSPS) is 15.3. The molecule has 1 aromatic heterocycles. The van der Waals surface area contributed by atoms with Gasteiger partial charge in [0.2, 0.25) is 5.89 Å². The van der Waals surface area contributed by atoms with Gasteiger partial charge in [-0.3, -0.25) is 0 Å². The SMILES string of the molecule is N=Cc1c(N)cc(-c2ncco2)cc1N1CCNCC1. The summed E-state index contributed by atoms with van der Waals surface area (Å²) >= 11 is 0. The van der Waals surface area contributed by atoms with Gasteiger partial charge >= 0.3 is 0 Å². The molecule has 1 aromatic carbocycles. The lowest BCUT2D eigenvalue weighted by molar-refractivity contribution is 0.574. The fourth-order valence-electron chi connectivity index (χ4n) is 2.47. The average molecular weight is 271 g/mol. The molecule has 2 heterocycles. The monoisotopic (exact) mass is 271 g/mol. The molecule has 1 fully saturated rings. The third kappa shape index (κ3) is 2.25. The summed E-state index contributed by atoms with van der Waals surface area (Å²) in [6, 6.07) is 3.80. The van der Waals surface area contributed by atoms with E-state index in [4.69, 9.17) is 15.6 Å². The van der Waals surface area contributed by atoms with Gasteiger partial charge in [-0.25, -0.2) is 4.98 Å². The molecule has 104 valence electrons. The Bertz CT molecular complexity index is 602. The molecule has 4 N–H and O–H groups in total. The number of anilines is 2. The Balaban J connectivity index is 2.07. The summed E-state index contributed by atoms with van der Waals surface area (Å²) in [7, 11) is 0. The van der Waals surface area contributed by atoms with E-state index in [-0.39, 0.29) is 0 Å². The first kappa shape index (κ1) is 12.7. The minimum atomic E-state index is 0.546. The van der Waals surface area contributed by atoms with Crippen LogP contribution in [0.2, 0.25) is 0 Å². The van der Waals surface area contributed by atoms with E-state index in [2.05, 4.69) is 15.2 Å². The van der Waals surface area contributed by atoms with Crippen molar-refractivity contribution in [1.82, 2.24) is 10.3 Å². The van der Waals surface area contributed by atoms with Gasteiger partial charge in [-0.1, -0.05) is 0 Å². The molecule has 0 saturated carbocycles.